The van der Waals surface area contributed by atoms with E-state index in [-0.39, 0.29) is 0 Å². The minimum Gasteiger partial charge on any atom is -0.313 e. The monoisotopic (exact) mass is 141 g/mol. The first kappa shape index (κ1) is 9.70. The van der Waals surface area contributed by atoms with Crippen LogP contribution in [-0.2, 0) is 0 Å². The predicted octanol–water partition coefficient (Wildman–Crippen LogP) is 2.34. The summed E-state index contributed by atoms with van der Waals surface area (Å²) >= 11 is 0. The number of rotatable bonds is 6. The molecule has 10 heavy (non-hydrogen) atoms. The first-order valence-corrected chi connectivity index (χ1v) is 4.23. The van der Waals surface area contributed by atoms with Crippen LogP contribution in [0.15, 0.2) is 12.2 Å². The van der Waals surface area contributed by atoms with Gasteiger partial charge in [0.05, 0.1) is 0 Å². The van der Waals surface area contributed by atoms with Crippen molar-refractivity contribution < 1.29 is 0 Å². The van der Waals surface area contributed by atoms with Gasteiger partial charge in [-0.2, -0.15) is 0 Å². The number of hydrogen-bond donors (Lipinski definition) is 1. The van der Waals surface area contributed by atoms with E-state index in [1.54, 1.807) is 0 Å². The van der Waals surface area contributed by atoms with Crippen molar-refractivity contribution >= 4 is 0 Å². The summed E-state index contributed by atoms with van der Waals surface area (Å²) in [4.78, 5) is 0. The summed E-state index contributed by atoms with van der Waals surface area (Å²) in [6.07, 6.45) is 8.20. The summed E-state index contributed by atoms with van der Waals surface area (Å²) in [5, 5.41) is 3.33. The zero-order valence-corrected chi connectivity index (χ0v) is 7.19. The van der Waals surface area contributed by atoms with E-state index in [2.05, 4.69) is 24.4 Å². The predicted molar refractivity (Wildman–Crippen MR) is 47.2 cm³/mol. The highest BCUT2D eigenvalue weighted by Crippen LogP contribution is 1.90. The molecule has 0 unspecified atom stereocenters. The van der Waals surface area contributed by atoms with Crippen molar-refractivity contribution in [2.24, 2.45) is 0 Å². The lowest BCUT2D eigenvalue weighted by atomic mass is 10.2. The van der Waals surface area contributed by atoms with Crippen LogP contribution in [0.25, 0.3) is 0 Å². The Hall–Kier alpha value is -0.300. The first-order chi connectivity index (χ1) is 4.91. The van der Waals surface area contributed by atoms with Crippen molar-refractivity contribution in [3.8, 4) is 0 Å². The summed E-state index contributed by atoms with van der Waals surface area (Å²) < 4.78 is 0. The molecule has 0 aromatic rings. The standard InChI is InChI=1S/C9H19N/c1-3-5-7-9-10-8-6-4-2/h4,6,10H,3,5,7-9H2,1-2H3/b6-4+. The Bertz CT molecular complexity index is 76.8. The van der Waals surface area contributed by atoms with Crippen LogP contribution in [-0.4, -0.2) is 13.1 Å². The van der Waals surface area contributed by atoms with E-state index in [0.29, 0.717) is 0 Å². The highest BCUT2D eigenvalue weighted by Gasteiger charge is 1.82. The molecule has 0 aliphatic rings. The Morgan fingerprint density at radius 3 is 2.70 bits per heavy atom. The molecule has 0 saturated carbocycles. The Balaban J connectivity index is 2.77. The molecule has 0 heterocycles. The third-order valence-electron chi connectivity index (χ3n) is 1.45. The number of allylic oxidation sites excluding steroid dienone is 1. The smallest absolute Gasteiger partial charge is 0.0134 e. The van der Waals surface area contributed by atoms with Gasteiger partial charge in [0.25, 0.3) is 0 Å². The Morgan fingerprint density at radius 1 is 1.30 bits per heavy atom. The van der Waals surface area contributed by atoms with E-state index in [1.807, 2.05) is 6.92 Å². The van der Waals surface area contributed by atoms with E-state index < -0.39 is 0 Å². The molecule has 0 amide bonds. The minimum absolute atomic E-state index is 1.03. The number of nitrogens with one attached hydrogen (secondary N) is 1. The maximum Gasteiger partial charge on any atom is 0.0134 e. The zero-order chi connectivity index (χ0) is 7.66. The van der Waals surface area contributed by atoms with Gasteiger partial charge in [0, 0.05) is 6.54 Å². The Labute approximate surface area is 64.5 Å². The quantitative estimate of drug-likeness (QED) is 0.442. The van der Waals surface area contributed by atoms with Crippen LogP contribution < -0.4 is 5.32 Å². The summed E-state index contributed by atoms with van der Waals surface area (Å²) in [5.41, 5.74) is 0. The molecule has 1 N–H and O–H groups in total. The average Bonchev–Trinajstić information content (AvgIpc) is 1.97. The van der Waals surface area contributed by atoms with E-state index in [1.165, 1.54) is 19.3 Å². The van der Waals surface area contributed by atoms with E-state index in [9.17, 15) is 0 Å². The Kier molecular flexibility index (Phi) is 8.44. The molecule has 0 atom stereocenters. The van der Waals surface area contributed by atoms with Gasteiger partial charge in [0.15, 0.2) is 0 Å². The topological polar surface area (TPSA) is 12.0 Å². The van der Waals surface area contributed by atoms with Crippen molar-refractivity contribution in [3.63, 3.8) is 0 Å². The second kappa shape index (κ2) is 8.70. The third kappa shape index (κ3) is 7.70. The van der Waals surface area contributed by atoms with Crippen molar-refractivity contribution in [1.29, 1.82) is 0 Å². The summed E-state index contributed by atoms with van der Waals surface area (Å²) in [6.45, 7) is 6.47. The number of hydrogen-bond acceptors (Lipinski definition) is 1. The molecular weight excluding hydrogens is 122 g/mol. The molecule has 1 heteroatoms. The summed E-state index contributed by atoms with van der Waals surface area (Å²) in [7, 11) is 0. The lowest BCUT2D eigenvalue weighted by molar-refractivity contribution is 0.646. The van der Waals surface area contributed by atoms with Crippen LogP contribution in [0.4, 0.5) is 0 Å². The lowest BCUT2D eigenvalue weighted by Crippen LogP contribution is -2.14. The molecule has 0 aromatic carbocycles. The van der Waals surface area contributed by atoms with Gasteiger partial charge in [-0.15, -0.1) is 0 Å². The van der Waals surface area contributed by atoms with Crippen LogP contribution in [0.5, 0.6) is 0 Å². The van der Waals surface area contributed by atoms with Crippen LogP contribution in [0.3, 0.4) is 0 Å². The Morgan fingerprint density at radius 2 is 2.10 bits per heavy atom. The van der Waals surface area contributed by atoms with Gasteiger partial charge >= 0.3 is 0 Å². The lowest BCUT2D eigenvalue weighted by Gasteiger charge is -1.98. The first-order valence-electron chi connectivity index (χ1n) is 4.23. The highest BCUT2D eigenvalue weighted by molar-refractivity contribution is 4.78. The number of unbranched alkanes of at least 4 members (excludes halogenated alkanes) is 2. The molecule has 0 aliphatic heterocycles. The van der Waals surface area contributed by atoms with E-state index >= 15 is 0 Å². The maximum atomic E-state index is 3.33. The normalized spacial score (nSPS) is 11.0. The highest BCUT2D eigenvalue weighted by atomic mass is 14.8. The molecule has 0 aliphatic carbocycles. The molecule has 0 radical (unpaired) electrons. The second-order valence-corrected chi connectivity index (χ2v) is 2.48. The van der Waals surface area contributed by atoms with Crippen molar-refractivity contribution in [1.82, 2.24) is 5.32 Å². The fourth-order valence-corrected chi connectivity index (χ4v) is 0.803. The minimum atomic E-state index is 1.03. The summed E-state index contributed by atoms with van der Waals surface area (Å²) in [6, 6.07) is 0. The van der Waals surface area contributed by atoms with Gasteiger partial charge in [-0.05, 0) is 19.9 Å². The average molecular weight is 141 g/mol. The molecule has 1 nitrogen and oxygen atoms in total. The molecular formula is C9H19N. The molecule has 0 rings (SSSR count). The molecule has 0 saturated heterocycles. The van der Waals surface area contributed by atoms with Gasteiger partial charge < -0.3 is 5.32 Å². The van der Waals surface area contributed by atoms with Gasteiger partial charge in [0.2, 0.25) is 0 Å². The van der Waals surface area contributed by atoms with Gasteiger partial charge in [-0.1, -0.05) is 31.9 Å². The van der Waals surface area contributed by atoms with Crippen molar-refractivity contribution in [2.75, 3.05) is 13.1 Å². The fraction of sp³-hybridized carbons (Fsp3) is 0.778. The van der Waals surface area contributed by atoms with Gasteiger partial charge in [-0.25, -0.2) is 0 Å². The van der Waals surface area contributed by atoms with E-state index in [4.69, 9.17) is 0 Å². The van der Waals surface area contributed by atoms with Crippen LogP contribution >= 0.6 is 0 Å². The third-order valence-corrected chi connectivity index (χ3v) is 1.45. The maximum absolute atomic E-state index is 3.33. The van der Waals surface area contributed by atoms with E-state index in [0.717, 1.165) is 13.1 Å². The summed E-state index contributed by atoms with van der Waals surface area (Å²) in [5.74, 6) is 0. The fourth-order valence-electron chi connectivity index (χ4n) is 0.803. The van der Waals surface area contributed by atoms with Gasteiger partial charge in [0.1, 0.15) is 0 Å². The SMILES string of the molecule is C/C=C/CNCCCCC. The van der Waals surface area contributed by atoms with Crippen LogP contribution in [0.1, 0.15) is 33.1 Å². The molecule has 0 fully saturated rings. The van der Waals surface area contributed by atoms with Crippen LogP contribution in [0, 0.1) is 0 Å². The second-order valence-electron chi connectivity index (χ2n) is 2.48. The van der Waals surface area contributed by atoms with Crippen LogP contribution in [0.2, 0.25) is 0 Å². The van der Waals surface area contributed by atoms with Crippen molar-refractivity contribution in [2.45, 2.75) is 33.1 Å². The zero-order valence-electron chi connectivity index (χ0n) is 7.19. The van der Waals surface area contributed by atoms with Gasteiger partial charge in [-0.3, -0.25) is 0 Å². The largest absolute Gasteiger partial charge is 0.313 e. The molecule has 60 valence electrons. The molecule has 0 spiro atoms. The molecule has 0 bridgehead atoms. The van der Waals surface area contributed by atoms with Crippen molar-refractivity contribution in [3.05, 3.63) is 12.2 Å². The molecule has 0 aromatic heterocycles.